The van der Waals surface area contributed by atoms with Gasteiger partial charge in [0.05, 0.1) is 0 Å². The normalized spacial score (nSPS) is 21.1. The molecule has 1 nitrogen and oxygen atoms in total. The Balaban J connectivity index is 1.92. The molecule has 0 saturated carbocycles. The third kappa shape index (κ3) is 3.23. The van der Waals surface area contributed by atoms with Gasteiger partial charge in [-0.3, -0.25) is 4.90 Å². The Labute approximate surface area is 104 Å². The zero-order valence-electron chi connectivity index (χ0n) is 8.95. The van der Waals surface area contributed by atoms with E-state index in [0.717, 1.165) is 17.1 Å². The first-order valence-corrected chi connectivity index (χ1v) is 7.23. The van der Waals surface area contributed by atoms with E-state index in [0.29, 0.717) is 0 Å². The van der Waals surface area contributed by atoms with Crippen LogP contribution in [0.2, 0.25) is 0 Å². The highest BCUT2D eigenvalue weighted by Gasteiger charge is 2.19. The van der Waals surface area contributed by atoms with E-state index >= 15 is 0 Å². The lowest BCUT2D eigenvalue weighted by Gasteiger charge is -2.23. The van der Waals surface area contributed by atoms with Gasteiger partial charge in [-0.15, -0.1) is 0 Å². The molecule has 0 aromatic heterocycles. The van der Waals surface area contributed by atoms with Gasteiger partial charge < -0.3 is 0 Å². The molecule has 1 aromatic carbocycles. The Morgan fingerprint density at radius 1 is 1.40 bits per heavy atom. The second-order valence-corrected chi connectivity index (χ2v) is 6.12. The van der Waals surface area contributed by atoms with Crippen LogP contribution in [0.15, 0.2) is 28.7 Å². The van der Waals surface area contributed by atoms with Gasteiger partial charge in [-0.2, -0.15) is 11.8 Å². The van der Waals surface area contributed by atoms with E-state index in [4.69, 9.17) is 0 Å². The Bertz CT molecular complexity index is 306. The molecule has 3 heteroatoms. The average molecular weight is 286 g/mol. The summed E-state index contributed by atoms with van der Waals surface area (Å²) in [7, 11) is 2.23. The zero-order valence-corrected chi connectivity index (χ0v) is 11.4. The van der Waals surface area contributed by atoms with Crippen LogP contribution in [0, 0.1) is 0 Å². The Kier molecular flexibility index (Phi) is 4.12. The molecule has 2 rings (SSSR count). The lowest BCUT2D eigenvalue weighted by atomic mass is 10.2. The van der Waals surface area contributed by atoms with Gasteiger partial charge in [-0.05, 0) is 36.9 Å². The lowest BCUT2D eigenvalue weighted by Crippen LogP contribution is -2.30. The van der Waals surface area contributed by atoms with Crippen molar-refractivity contribution in [3.05, 3.63) is 34.3 Å². The predicted octanol–water partition coefficient (Wildman–Crippen LogP) is 3.39. The van der Waals surface area contributed by atoms with E-state index in [9.17, 15) is 0 Å². The van der Waals surface area contributed by atoms with Crippen LogP contribution in [0.4, 0.5) is 0 Å². The van der Waals surface area contributed by atoms with E-state index in [1.807, 2.05) is 0 Å². The number of halogens is 1. The number of hydrogen-bond acceptors (Lipinski definition) is 2. The summed E-state index contributed by atoms with van der Waals surface area (Å²) in [6, 6.07) is 9.41. The van der Waals surface area contributed by atoms with Crippen LogP contribution in [0.1, 0.15) is 12.0 Å². The van der Waals surface area contributed by atoms with Crippen molar-refractivity contribution in [3.8, 4) is 0 Å². The van der Waals surface area contributed by atoms with Crippen LogP contribution in [0.5, 0.6) is 0 Å². The summed E-state index contributed by atoms with van der Waals surface area (Å²) < 4.78 is 1.16. The number of benzene rings is 1. The summed E-state index contributed by atoms with van der Waals surface area (Å²) in [6.45, 7) is 1.07. The van der Waals surface area contributed by atoms with Crippen LogP contribution >= 0.6 is 27.7 Å². The Morgan fingerprint density at radius 2 is 2.13 bits per heavy atom. The summed E-state index contributed by atoms with van der Waals surface area (Å²) in [5, 5.41) is 0. The van der Waals surface area contributed by atoms with E-state index in [1.54, 1.807) is 0 Å². The molecule has 0 N–H and O–H groups in total. The minimum absolute atomic E-state index is 0.777. The molecule has 0 bridgehead atoms. The maximum atomic E-state index is 3.46. The van der Waals surface area contributed by atoms with Gasteiger partial charge in [0.1, 0.15) is 0 Å². The molecule has 0 aliphatic carbocycles. The summed E-state index contributed by atoms with van der Waals surface area (Å²) in [5.41, 5.74) is 1.40. The molecule has 1 fully saturated rings. The van der Waals surface area contributed by atoms with E-state index in [-0.39, 0.29) is 0 Å². The second kappa shape index (κ2) is 5.37. The third-order valence-corrected chi connectivity index (χ3v) is 4.55. The van der Waals surface area contributed by atoms with Crippen molar-refractivity contribution < 1.29 is 0 Å². The first-order valence-electron chi connectivity index (χ1n) is 5.28. The van der Waals surface area contributed by atoms with Crippen LogP contribution in [-0.4, -0.2) is 29.5 Å². The fourth-order valence-electron chi connectivity index (χ4n) is 1.88. The fraction of sp³-hybridized carbons (Fsp3) is 0.500. The van der Waals surface area contributed by atoms with Crippen molar-refractivity contribution in [2.24, 2.45) is 0 Å². The van der Waals surface area contributed by atoms with E-state index in [1.165, 1.54) is 23.5 Å². The van der Waals surface area contributed by atoms with E-state index in [2.05, 4.69) is 63.9 Å². The number of thioether (sulfide) groups is 1. The summed E-state index contributed by atoms with van der Waals surface area (Å²) in [4.78, 5) is 2.48. The Morgan fingerprint density at radius 3 is 2.73 bits per heavy atom. The lowest BCUT2D eigenvalue weighted by molar-refractivity contribution is 0.254. The molecule has 1 aromatic rings. The van der Waals surface area contributed by atoms with Gasteiger partial charge in [-0.25, -0.2) is 0 Å². The molecule has 1 unspecified atom stereocenters. The van der Waals surface area contributed by atoms with Gasteiger partial charge in [0, 0.05) is 22.8 Å². The summed E-state index contributed by atoms with van der Waals surface area (Å²) in [5.74, 6) is 2.63. The highest BCUT2D eigenvalue weighted by Crippen LogP contribution is 2.22. The minimum Gasteiger partial charge on any atom is -0.298 e. The quantitative estimate of drug-likeness (QED) is 0.838. The third-order valence-electron chi connectivity index (χ3n) is 2.87. The maximum Gasteiger partial charge on any atom is 0.0233 e. The summed E-state index contributed by atoms with van der Waals surface area (Å²) >= 11 is 5.54. The highest BCUT2D eigenvalue weighted by atomic mass is 79.9. The Hall–Kier alpha value is 0.01000. The molecule has 0 amide bonds. The monoisotopic (exact) mass is 285 g/mol. The maximum absolute atomic E-state index is 3.46. The first kappa shape index (κ1) is 11.5. The van der Waals surface area contributed by atoms with Gasteiger partial charge in [0.15, 0.2) is 0 Å². The zero-order chi connectivity index (χ0) is 10.7. The van der Waals surface area contributed by atoms with Crippen molar-refractivity contribution in [1.82, 2.24) is 4.90 Å². The SMILES string of the molecule is CN(Cc1ccc(Br)cc1)C1CCSC1. The fourth-order valence-corrected chi connectivity index (χ4v) is 3.44. The molecule has 1 atom stereocenters. The van der Waals surface area contributed by atoms with Crippen molar-refractivity contribution in [3.63, 3.8) is 0 Å². The van der Waals surface area contributed by atoms with Gasteiger partial charge >= 0.3 is 0 Å². The molecule has 1 aliphatic rings. The number of nitrogens with zero attached hydrogens (tertiary/aromatic N) is 1. The van der Waals surface area contributed by atoms with Crippen molar-refractivity contribution >= 4 is 27.7 Å². The molecule has 1 aliphatic heterocycles. The molecule has 82 valence electrons. The van der Waals surface area contributed by atoms with Gasteiger partial charge in [0.2, 0.25) is 0 Å². The summed E-state index contributed by atoms with van der Waals surface area (Å²) in [6.07, 6.45) is 1.34. The molecular weight excluding hydrogens is 270 g/mol. The van der Waals surface area contributed by atoms with Crippen molar-refractivity contribution in [2.45, 2.75) is 19.0 Å². The standard InChI is InChI=1S/C12H16BrNS/c1-14(12-6-7-15-9-12)8-10-2-4-11(13)5-3-10/h2-5,12H,6-9H2,1H3. The molecule has 1 saturated heterocycles. The van der Waals surface area contributed by atoms with Gasteiger partial charge in [-0.1, -0.05) is 28.1 Å². The van der Waals surface area contributed by atoms with E-state index < -0.39 is 0 Å². The van der Waals surface area contributed by atoms with Gasteiger partial charge in [0.25, 0.3) is 0 Å². The minimum atomic E-state index is 0.777. The second-order valence-electron chi connectivity index (χ2n) is 4.06. The topological polar surface area (TPSA) is 3.24 Å². The number of hydrogen-bond donors (Lipinski definition) is 0. The predicted molar refractivity (Wildman–Crippen MR) is 71.3 cm³/mol. The molecule has 15 heavy (non-hydrogen) atoms. The molecule has 0 radical (unpaired) electrons. The largest absolute Gasteiger partial charge is 0.298 e. The smallest absolute Gasteiger partial charge is 0.0233 e. The first-order chi connectivity index (χ1) is 7.25. The molecule has 0 spiro atoms. The van der Waals surface area contributed by atoms with Crippen molar-refractivity contribution in [2.75, 3.05) is 18.6 Å². The van der Waals surface area contributed by atoms with Crippen LogP contribution < -0.4 is 0 Å². The molecule has 1 heterocycles. The number of rotatable bonds is 3. The van der Waals surface area contributed by atoms with Crippen molar-refractivity contribution in [1.29, 1.82) is 0 Å². The van der Waals surface area contributed by atoms with Crippen LogP contribution in [-0.2, 0) is 6.54 Å². The van der Waals surface area contributed by atoms with Crippen LogP contribution in [0.25, 0.3) is 0 Å². The van der Waals surface area contributed by atoms with Crippen LogP contribution in [0.3, 0.4) is 0 Å². The molecular formula is C12H16BrNS. The average Bonchev–Trinajstić information content (AvgIpc) is 2.74. The highest BCUT2D eigenvalue weighted by molar-refractivity contribution is 9.10.